The summed E-state index contributed by atoms with van der Waals surface area (Å²) in [7, 11) is 0. The first-order valence-electron chi connectivity index (χ1n) is 9.12. The lowest BCUT2D eigenvalue weighted by Crippen LogP contribution is -2.36. The van der Waals surface area contributed by atoms with Crippen LogP contribution in [0.2, 0.25) is 0 Å². The molecule has 0 bridgehead atoms. The number of nitrogens with one attached hydrogen (secondary N) is 1. The fraction of sp³-hybridized carbons (Fsp3) is 0.450. The minimum Gasteiger partial charge on any atom is -0.370 e. The van der Waals surface area contributed by atoms with Crippen LogP contribution < -0.4 is 11.1 Å². The molecular formula is C20H28N4S. The summed E-state index contributed by atoms with van der Waals surface area (Å²) in [5, 5.41) is 5.39. The van der Waals surface area contributed by atoms with E-state index < -0.39 is 0 Å². The Kier molecular flexibility index (Phi) is 6.89. The van der Waals surface area contributed by atoms with Crippen molar-refractivity contribution in [2.75, 3.05) is 26.2 Å². The van der Waals surface area contributed by atoms with E-state index in [1.165, 1.54) is 36.4 Å². The molecule has 3 rings (SSSR count). The molecule has 1 aromatic heterocycles. The third kappa shape index (κ3) is 6.18. The molecule has 1 aliphatic heterocycles. The Morgan fingerprint density at radius 2 is 1.96 bits per heavy atom. The van der Waals surface area contributed by atoms with Crippen LogP contribution in [0.15, 0.2) is 52.8 Å². The van der Waals surface area contributed by atoms with E-state index in [0.29, 0.717) is 11.9 Å². The highest BCUT2D eigenvalue weighted by molar-refractivity contribution is 7.09. The smallest absolute Gasteiger partial charge is 0.188 e. The van der Waals surface area contributed by atoms with Crippen molar-refractivity contribution in [3.8, 4) is 0 Å². The van der Waals surface area contributed by atoms with Gasteiger partial charge in [0.15, 0.2) is 5.96 Å². The number of guanidine groups is 1. The molecule has 0 unspecified atom stereocenters. The number of nitrogens with two attached hydrogens (primary N) is 1. The van der Waals surface area contributed by atoms with E-state index >= 15 is 0 Å². The summed E-state index contributed by atoms with van der Waals surface area (Å²) < 4.78 is 0. The Hall–Kier alpha value is -1.85. The van der Waals surface area contributed by atoms with Crippen molar-refractivity contribution < 1.29 is 0 Å². The third-order valence-electron chi connectivity index (χ3n) is 4.75. The Balaban J connectivity index is 1.32. The van der Waals surface area contributed by atoms with Gasteiger partial charge in [0.1, 0.15) is 0 Å². The van der Waals surface area contributed by atoms with E-state index in [4.69, 9.17) is 5.73 Å². The van der Waals surface area contributed by atoms with Gasteiger partial charge in [-0.1, -0.05) is 36.4 Å². The molecule has 0 amide bonds. The zero-order chi connectivity index (χ0) is 17.3. The lowest BCUT2D eigenvalue weighted by molar-refractivity contribution is 0.182. The molecule has 2 aromatic rings. The summed E-state index contributed by atoms with van der Waals surface area (Å²) in [5.74, 6) is 1.24. The largest absolute Gasteiger partial charge is 0.370 e. The predicted octanol–water partition coefficient (Wildman–Crippen LogP) is 3.11. The lowest BCUT2D eigenvalue weighted by atomic mass is 9.97. The Morgan fingerprint density at radius 1 is 1.16 bits per heavy atom. The lowest BCUT2D eigenvalue weighted by Gasteiger charge is -2.30. The normalized spacial score (nSPS) is 16.9. The Labute approximate surface area is 154 Å². The summed E-state index contributed by atoms with van der Waals surface area (Å²) in [6.07, 6.45) is 3.40. The van der Waals surface area contributed by atoms with Gasteiger partial charge in [0.05, 0.1) is 0 Å². The Morgan fingerprint density at radius 3 is 2.68 bits per heavy atom. The second kappa shape index (κ2) is 9.59. The van der Waals surface area contributed by atoms with Crippen LogP contribution in [0.5, 0.6) is 0 Å². The van der Waals surface area contributed by atoms with Crippen LogP contribution >= 0.6 is 11.3 Å². The third-order valence-corrected chi connectivity index (χ3v) is 5.61. The monoisotopic (exact) mass is 356 g/mol. The number of thiophene rings is 1. The van der Waals surface area contributed by atoms with Gasteiger partial charge in [0.25, 0.3) is 0 Å². The first-order chi connectivity index (χ1) is 12.3. The number of rotatable bonds is 7. The zero-order valence-electron chi connectivity index (χ0n) is 14.7. The van der Waals surface area contributed by atoms with Gasteiger partial charge < -0.3 is 11.1 Å². The SMILES string of the molecule is NC(=NCC1CCN(Cc2cccs2)CC1)NCCc1ccccc1. The Bertz CT molecular complexity index is 631. The number of benzene rings is 1. The van der Waals surface area contributed by atoms with Gasteiger partial charge in [-0.15, -0.1) is 11.3 Å². The summed E-state index contributed by atoms with van der Waals surface area (Å²) in [6.45, 7) is 5.10. The van der Waals surface area contributed by atoms with Gasteiger partial charge in [0.2, 0.25) is 0 Å². The molecule has 2 heterocycles. The van der Waals surface area contributed by atoms with Crippen LogP contribution in [-0.4, -0.2) is 37.0 Å². The second-order valence-electron chi connectivity index (χ2n) is 6.69. The van der Waals surface area contributed by atoms with Crippen LogP contribution in [0.4, 0.5) is 0 Å². The fourth-order valence-electron chi connectivity index (χ4n) is 3.21. The van der Waals surface area contributed by atoms with Crippen LogP contribution in [0, 0.1) is 5.92 Å². The highest BCUT2D eigenvalue weighted by atomic mass is 32.1. The molecule has 0 atom stereocenters. The minimum absolute atomic E-state index is 0.581. The molecule has 4 nitrogen and oxygen atoms in total. The van der Waals surface area contributed by atoms with E-state index in [1.807, 2.05) is 17.4 Å². The van der Waals surface area contributed by atoms with Crippen molar-refractivity contribution in [2.24, 2.45) is 16.6 Å². The molecule has 0 spiro atoms. The van der Waals surface area contributed by atoms with Gasteiger partial charge in [-0.05, 0) is 55.3 Å². The molecule has 5 heteroatoms. The molecule has 3 N–H and O–H groups in total. The summed E-state index contributed by atoms with van der Waals surface area (Å²) >= 11 is 1.85. The highest BCUT2D eigenvalue weighted by Gasteiger charge is 2.19. The molecule has 134 valence electrons. The van der Waals surface area contributed by atoms with Crippen molar-refractivity contribution in [3.63, 3.8) is 0 Å². The molecule has 1 fully saturated rings. The first-order valence-corrected chi connectivity index (χ1v) is 10.00. The molecule has 0 aliphatic carbocycles. The number of aliphatic imine (C=N–C) groups is 1. The van der Waals surface area contributed by atoms with Gasteiger partial charge in [-0.25, -0.2) is 0 Å². The number of hydrogen-bond donors (Lipinski definition) is 2. The maximum Gasteiger partial charge on any atom is 0.188 e. The van der Waals surface area contributed by atoms with Crippen molar-refractivity contribution in [1.82, 2.24) is 10.2 Å². The summed E-state index contributed by atoms with van der Waals surface area (Å²) in [6, 6.07) is 14.8. The average molecular weight is 357 g/mol. The molecule has 25 heavy (non-hydrogen) atoms. The number of piperidine rings is 1. The van der Waals surface area contributed by atoms with Gasteiger partial charge in [0, 0.05) is 24.5 Å². The van der Waals surface area contributed by atoms with Crippen LogP contribution in [0.25, 0.3) is 0 Å². The maximum absolute atomic E-state index is 6.00. The van der Waals surface area contributed by atoms with Crippen molar-refractivity contribution in [2.45, 2.75) is 25.8 Å². The van der Waals surface area contributed by atoms with Crippen molar-refractivity contribution in [1.29, 1.82) is 0 Å². The number of nitrogens with zero attached hydrogens (tertiary/aromatic N) is 2. The molecule has 1 aromatic carbocycles. The molecule has 1 aliphatic rings. The average Bonchev–Trinajstić information content (AvgIpc) is 3.15. The summed E-state index contributed by atoms with van der Waals surface area (Å²) in [5.41, 5.74) is 7.32. The van der Waals surface area contributed by atoms with E-state index in [2.05, 4.69) is 57.0 Å². The van der Waals surface area contributed by atoms with Gasteiger partial charge in [-0.2, -0.15) is 0 Å². The second-order valence-corrected chi connectivity index (χ2v) is 7.72. The molecule has 0 radical (unpaired) electrons. The minimum atomic E-state index is 0.581. The van der Waals surface area contributed by atoms with Crippen molar-refractivity contribution >= 4 is 17.3 Å². The van der Waals surface area contributed by atoms with Gasteiger partial charge in [-0.3, -0.25) is 9.89 Å². The quantitative estimate of drug-likeness (QED) is 0.592. The van der Waals surface area contributed by atoms with E-state index in [1.54, 1.807) is 0 Å². The predicted molar refractivity (Wildman–Crippen MR) is 107 cm³/mol. The van der Waals surface area contributed by atoms with Crippen LogP contribution in [-0.2, 0) is 13.0 Å². The standard InChI is InChI=1S/C20H28N4S/c21-20(22-11-8-17-5-2-1-3-6-17)23-15-18-9-12-24(13-10-18)16-19-7-4-14-25-19/h1-7,14,18H,8-13,15-16H2,(H3,21,22,23). The molecule has 0 saturated carbocycles. The maximum atomic E-state index is 6.00. The zero-order valence-corrected chi connectivity index (χ0v) is 15.5. The van der Waals surface area contributed by atoms with E-state index in [0.717, 1.165) is 26.1 Å². The number of hydrogen-bond acceptors (Lipinski definition) is 3. The van der Waals surface area contributed by atoms with Crippen molar-refractivity contribution in [3.05, 3.63) is 58.3 Å². The molecular weight excluding hydrogens is 328 g/mol. The topological polar surface area (TPSA) is 53.6 Å². The fourth-order valence-corrected chi connectivity index (χ4v) is 3.96. The number of likely N-dealkylation sites (tertiary alicyclic amines) is 1. The van der Waals surface area contributed by atoms with E-state index in [-0.39, 0.29) is 0 Å². The highest BCUT2D eigenvalue weighted by Crippen LogP contribution is 2.20. The van der Waals surface area contributed by atoms with Gasteiger partial charge >= 0.3 is 0 Å². The van der Waals surface area contributed by atoms with E-state index in [9.17, 15) is 0 Å². The first kappa shape index (κ1) is 18.0. The van der Waals surface area contributed by atoms with Crippen LogP contribution in [0.3, 0.4) is 0 Å². The summed E-state index contributed by atoms with van der Waals surface area (Å²) in [4.78, 5) is 8.56. The molecule has 1 saturated heterocycles. The van der Waals surface area contributed by atoms with Crippen LogP contribution in [0.1, 0.15) is 23.3 Å².